The second-order valence-corrected chi connectivity index (χ2v) is 12.3. The summed E-state index contributed by atoms with van der Waals surface area (Å²) in [7, 11) is -9.18. The molecule has 0 amide bonds. The molecule has 0 saturated carbocycles. The normalized spacial score (nSPS) is 22.0. The summed E-state index contributed by atoms with van der Waals surface area (Å²) in [6.45, 7) is 4.14. The first-order valence-electron chi connectivity index (χ1n) is 9.19. The lowest BCUT2D eigenvalue weighted by Crippen LogP contribution is -2.49. The molecule has 0 unspecified atom stereocenters. The molecule has 8 nitrogen and oxygen atoms in total. The number of halogens is 5. The second-order valence-electron chi connectivity index (χ2n) is 7.46. The number of benzene rings is 2. The van der Waals surface area contributed by atoms with Crippen LogP contribution in [0.5, 0.6) is 0 Å². The lowest BCUT2D eigenvalue weighted by molar-refractivity contribution is -0.137. The fourth-order valence-corrected chi connectivity index (χ4v) is 7.88. The summed E-state index contributed by atoms with van der Waals surface area (Å²) >= 11 is 11.7. The van der Waals surface area contributed by atoms with Crippen molar-refractivity contribution in [3.8, 4) is 0 Å². The van der Waals surface area contributed by atoms with Gasteiger partial charge in [0.15, 0.2) is 9.84 Å². The third-order valence-corrected chi connectivity index (χ3v) is 10.2. The van der Waals surface area contributed by atoms with E-state index in [0.717, 1.165) is 18.2 Å². The number of hydrogen-bond acceptors (Lipinski definition) is 6. The topological polar surface area (TPSA) is 116 Å². The third kappa shape index (κ3) is 4.64. The largest absolute Gasteiger partial charge is 0.416 e. The molecular formula is C19H15Cl2F3N2O6S2. The predicted molar refractivity (Wildman–Crippen MR) is 116 cm³/mol. The number of β-amino-alcohol motifs (C(OH)–C–C–N with tert-alkyl or cyclic N) is 1. The van der Waals surface area contributed by atoms with E-state index in [-0.39, 0.29) is 10.7 Å². The Kier molecular flexibility index (Phi) is 7.02. The molecule has 1 heterocycles. The zero-order valence-corrected chi connectivity index (χ0v) is 19.9. The maximum atomic E-state index is 13.2. The van der Waals surface area contributed by atoms with Gasteiger partial charge in [0.05, 0.1) is 28.7 Å². The fraction of sp³-hybridized carbons (Fsp3) is 0.316. The number of nitrogens with zero attached hydrogens (tertiary/aromatic N) is 2. The monoisotopic (exact) mass is 558 g/mol. The molecule has 1 aliphatic heterocycles. The molecule has 0 aromatic heterocycles. The van der Waals surface area contributed by atoms with Crippen molar-refractivity contribution in [2.45, 2.75) is 26.8 Å². The van der Waals surface area contributed by atoms with Crippen LogP contribution in [0.4, 0.5) is 18.9 Å². The highest BCUT2D eigenvalue weighted by Crippen LogP contribution is 2.39. The van der Waals surface area contributed by atoms with Crippen LogP contribution in [0.2, 0.25) is 10.0 Å². The molecule has 34 heavy (non-hydrogen) atoms. The van der Waals surface area contributed by atoms with Crippen molar-refractivity contribution in [3.63, 3.8) is 0 Å². The average Bonchev–Trinajstić information content (AvgIpc) is 3.12. The van der Waals surface area contributed by atoms with Crippen LogP contribution >= 0.6 is 23.2 Å². The molecular weight excluding hydrogens is 544 g/mol. The molecule has 3 rings (SSSR count). The van der Waals surface area contributed by atoms with E-state index in [1.807, 2.05) is 0 Å². The van der Waals surface area contributed by atoms with Crippen LogP contribution < -0.4 is 0 Å². The second kappa shape index (κ2) is 8.94. The van der Waals surface area contributed by atoms with Crippen molar-refractivity contribution in [2.75, 3.05) is 19.7 Å². The van der Waals surface area contributed by atoms with Gasteiger partial charge in [-0.05, 0) is 24.3 Å². The molecule has 2 N–H and O–H groups in total. The molecule has 2 atom stereocenters. The highest BCUT2D eigenvalue weighted by atomic mass is 35.5. The predicted octanol–water partition coefficient (Wildman–Crippen LogP) is 3.13. The van der Waals surface area contributed by atoms with Crippen LogP contribution in [0, 0.1) is 6.57 Å². The summed E-state index contributed by atoms with van der Waals surface area (Å²) in [5, 5.41) is 17.7. The van der Waals surface area contributed by atoms with Gasteiger partial charge in [0.25, 0.3) is 0 Å². The first-order valence-corrected chi connectivity index (χ1v) is 12.9. The van der Waals surface area contributed by atoms with Crippen molar-refractivity contribution < 1.29 is 40.2 Å². The van der Waals surface area contributed by atoms with E-state index in [1.165, 1.54) is 0 Å². The van der Waals surface area contributed by atoms with Crippen LogP contribution in [0.3, 0.4) is 0 Å². The van der Waals surface area contributed by atoms with Crippen molar-refractivity contribution >= 4 is 48.7 Å². The van der Waals surface area contributed by atoms with Crippen molar-refractivity contribution in [1.29, 1.82) is 0 Å². The van der Waals surface area contributed by atoms with Crippen molar-refractivity contribution in [2.24, 2.45) is 0 Å². The Hall–Kier alpha value is -1.92. The van der Waals surface area contributed by atoms with Crippen LogP contribution in [0.1, 0.15) is 5.56 Å². The number of sulfone groups is 1. The number of aliphatic hydroxyl groups excluding tert-OH is 1. The van der Waals surface area contributed by atoms with Gasteiger partial charge in [-0.3, -0.25) is 0 Å². The average molecular weight is 559 g/mol. The highest BCUT2D eigenvalue weighted by Gasteiger charge is 2.55. The van der Waals surface area contributed by atoms with Gasteiger partial charge >= 0.3 is 6.18 Å². The smallest absolute Gasteiger partial charge is 0.393 e. The van der Waals surface area contributed by atoms with Gasteiger partial charge in [0, 0.05) is 18.1 Å². The third-order valence-electron chi connectivity index (χ3n) is 5.31. The van der Waals surface area contributed by atoms with Crippen molar-refractivity contribution in [1.82, 2.24) is 4.31 Å². The minimum atomic E-state index is -4.78. The number of alkyl halides is 3. The van der Waals surface area contributed by atoms with E-state index < -0.39 is 77.0 Å². The quantitative estimate of drug-likeness (QED) is 0.544. The van der Waals surface area contributed by atoms with Gasteiger partial charge in [-0.15, -0.1) is 0 Å². The first kappa shape index (κ1) is 26.7. The van der Waals surface area contributed by atoms with E-state index in [0.29, 0.717) is 22.5 Å². The van der Waals surface area contributed by atoms with Gasteiger partial charge in [-0.1, -0.05) is 35.3 Å². The lowest BCUT2D eigenvalue weighted by Gasteiger charge is -2.26. The van der Waals surface area contributed by atoms with Gasteiger partial charge in [0.1, 0.15) is 15.7 Å². The number of sulfonamides is 1. The van der Waals surface area contributed by atoms with Crippen LogP contribution in [-0.2, 0) is 26.0 Å². The Morgan fingerprint density at radius 2 is 1.76 bits per heavy atom. The molecule has 0 aliphatic carbocycles. The molecule has 15 heteroatoms. The zero-order chi connectivity index (χ0) is 25.7. The van der Waals surface area contributed by atoms with Crippen molar-refractivity contribution in [3.05, 3.63) is 63.4 Å². The highest BCUT2D eigenvalue weighted by molar-refractivity contribution is 7.92. The Morgan fingerprint density at radius 3 is 2.26 bits per heavy atom. The molecule has 0 bridgehead atoms. The Morgan fingerprint density at radius 1 is 1.12 bits per heavy atom. The molecule has 184 valence electrons. The summed E-state index contributed by atoms with van der Waals surface area (Å²) in [4.78, 5) is 1.95. The number of hydrogen-bond donors (Lipinski definition) is 2. The summed E-state index contributed by atoms with van der Waals surface area (Å²) in [6.07, 6.45) is -4.78. The fourth-order valence-electron chi connectivity index (χ4n) is 3.49. The summed E-state index contributed by atoms with van der Waals surface area (Å²) < 4.78 is 91.8. The summed E-state index contributed by atoms with van der Waals surface area (Å²) in [5.41, 5.74) is -3.68. The minimum Gasteiger partial charge on any atom is -0.393 e. The molecule has 1 aliphatic rings. The molecule has 1 saturated heterocycles. The molecule has 1 fully saturated rings. The summed E-state index contributed by atoms with van der Waals surface area (Å²) in [5.74, 6) is 0. The Labute approximate surface area is 202 Å². The SMILES string of the molecule is [C-]#[N+]c1ccc(S(=O)(=O)[C@H]2CN(S(=O)(=O)c3ccc(C(F)(F)F)cc3Cl)C[C@]2(O)CO)cc1Cl. The maximum absolute atomic E-state index is 13.2. The Balaban J connectivity index is 2.03. The van der Waals surface area contributed by atoms with E-state index in [2.05, 4.69) is 4.85 Å². The van der Waals surface area contributed by atoms with Crippen LogP contribution in [0.15, 0.2) is 46.2 Å². The van der Waals surface area contributed by atoms with Gasteiger partial charge in [0.2, 0.25) is 15.7 Å². The maximum Gasteiger partial charge on any atom is 0.416 e. The van der Waals surface area contributed by atoms with Gasteiger partial charge < -0.3 is 10.2 Å². The molecule has 0 spiro atoms. The first-order chi connectivity index (χ1) is 15.6. The lowest BCUT2D eigenvalue weighted by atomic mass is 10.1. The van der Waals surface area contributed by atoms with Crippen LogP contribution in [0.25, 0.3) is 4.85 Å². The zero-order valence-electron chi connectivity index (χ0n) is 16.8. The minimum absolute atomic E-state index is 0.0365. The van der Waals surface area contributed by atoms with E-state index in [1.54, 1.807) is 0 Å². The van der Waals surface area contributed by atoms with Gasteiger partial charge in [-0.25, -0.2) is 21.7 Å². The van der Waals surface area contributed by atoms with E-state index in [9.17, 15) is 40.2 Å². The van der Waals surface area contributed by atoms with Gasteiger partial charge in [-0.2, -0.15) is 17.5 Å². The summed E-state index contributed by atoms with van der Waals surface area (Å²) in [6, 6.07) is 4.69. The molecule has 2 aromatic rings. The molecule has 0 radical (unpaired) electrons. The standard InChI is InChI=1S/C19H15Cl2F3N2O6S2/c1-25-15-4-3-12(7-13(15)20)33(29,30)17-8-26(9-18(17,28)10-27)34(31,32)16-5-2-11(6-14(16)21)19(22,23)24/h2-7,17,27-28H,8-10H2/t17-,18-/m0/s1. The molecule has 2 aromatic carbocycles. The number of rotatable bonds is 5. The van der Waals surface area contributed by atoms with E-state index >= 15 is 0 Å². The van der Waals surface area contributed by atoms with E-state index in [4.69, 9.17) is 29.8 Å². The van der Waals surface area contributed by atoms with Crippen LogP contribution in [-0.4, -0.2) is 61.9 Å². The Bertz CT molecular complexity index is 1390. The number of aliphatic hydroxyl groups is 2.